The highest BCUT2D eigenvalue weighted by Gasteiger charge is 2.35. The van der Waals surface area contributed by atoms with E-state index in [0.717, 1.165) is 18.1 Å². The third-order valence-corrected chi connectivity index (χ3v) is 5.05. The fourth-order valence-electron chi connectivity index (χ4n) is 1.97. The molecule has 5 nitrogen and oxygen atoms in total. The summed E-state index contributed by atoms with van der Waals surface area (Å²) < 4.78 is 0. The van der Waals surface area contributed by atoms with Crippen LogP contribution in [0.2, 0.25) is 0 Å². The van der Waals surface area contributed by atoms with Gasteiger partial charge in [-0.2, -0.15) is 11.8 Å². The number of carbonyl (C=O) groups is 2. The number of rotatable bonds is 3. The van der Waals surface area contributed by atoms with Crippen molar-refractivity contribution in [1.29, 1.82) is 0 Å². The lowest BCUT2D eigenvalue weighted by atomic mass is 10.2. The molecule has 0 radical (unpaired) electrons. The van der Waals surface area contributed by atoms with Gasteiger partial charge in [-0.25, -0.2) is 4.79 Å². The van der Waals surface area contributed by atoms with E-state index in [0.29, 0.717) is 18.1 Å². The molecule has 2 N–H and O–H groups in total. The number of nitrogens with zero attached hydrogens (tertiary/aromatic N) is 1. The van der Waals surface area contributed by atoms with Crippen molar-refractivity contribution in [3.63, 3.8) is 0 Å². The van der Waals surface area contributed by atoms with Crippen molar-refractivity contribution < 1.29 is 14.7 Å². The third-order valence-electron chi connectivity index (χ3n) is 2.91. The van der Waals surface area contributed by atoms with Crippen molar-refractivity contribution in [3.05, 3.63) is 0 Å². The Morgan fingerprint density at radius 3 is 2.82 bits per heavy atom. The average Bonchev–Trinajstić information content (AvgIpc) is 2.79. The standard InChI is InChI=1S/C10H16N2O3S2/c13-9(3-7-4-16-2-1-11-7)12-6-17-5-8(12)10(14)15/h7-8,11H,1-6H2,(H,14,15)/t7?,8-/m0/s1. The third kappa shape index (κ3) is 3.29. The van der Waals surface area contributed by atoms with Crippen molar-refractivity contribution in [2.24, 2.45) is 0 Å². The number of carbonyl (C=O) groups excluding carboxylic acids is 1. The Morgan fingerprint density at radius 1 is 1.35 bits per heavy atom. The van der Waals surface area contributed by atoms with Crippen LogP contribution in [-0.2, 0) is 9.59 Å². The van der Waals surface area contributed by atoms with E-state index in [1.54, 1.807) is 0 Å². The largest absolute Gasteiger partial charge is 0.480 e. The Hall–Kier alpha value is -0.400. The van der Waals surface area contributed by atoms with Crippen molar-refractivity contribution >= 4 is 35.4 Å². The predicted octanol–water partition coefficient (Wildman–Crippen LogP) is 0.0676. The lowest BCUT2D eigenvalue weighted by Gasteiger charge is -2.26. The van der Waals surface area contributed by atoms with Crippen LogP contribution in [-0.4, -0.2) is 63.6 Å². The second-order valence-corrected chi connectivity index (χ2v) is 6.30. The van der Waals surface area contributed by atoms with E-state index >= 15 is 0 Å². The molecule has 0 aromatic carbocycles. The number of aliphatic carboxylic acids is 1. The van der Waals surface area contributed by atoms with Gasteiger partial charge in [0.25, 0.3) is 0 Å². The molecule has 2 saturated heterocycles. The number of carboxylic acid groups (broad SMARTS) is 1. The summed E-state index contributed by atoms with van der Waals surface area (Å²) in [6.45, 7) is 0.930. The van der Waals surface area contributed by atoms with E-state index in [2.05, 4.69) is 5.32 Å². The molecule has 0 spiro atoms. The first-order valence-electron chi connectivity index (χ1n) is 5.59. The normalized spacial score (nSPS) is 29.3. The maximum Gasteiger partial charge on any atom is 0.327 e. The van der Waals surface area contributed by atoms with Crippen LogP contribution >= 0.6 is 23.5 Å². The number of hydrogen-bond donors (Lipinski definition) is 2. The maximum absolute atomic E-state index is 12.0. The van der Waals surface area contributed by atoms with Crippen LogP contribution in [0.25, 0.3) is 0 Å². The van der Waals surface area contributed by atoms with E-state index in [4.69, 9.17) is 5.11 Å². The molecule has 2 aliphatic rings. The average molecular weight is 276 g/mol. The molecule has 2 heterocycles. The van der Waals surface area contributed by atoms with Gasteiger partial charge in [-0.05, 0) is 0 Å². The molecule has 1 unspecified atom stereocenters. The van der Waals surface area contributed by atoms with Crippen LogP contribution in [0.3, 0.4) is 0 Å². The summed E-state index contributed by atoms with van der Waals surface area (Å²) in [4.78, 5) is 24.5. The topological polar surface area (TPSA) is 69.6 Å². The summed E-state index contributed by atoms with van der Waals surface area (Å²) in [7, 11) is 0. The molecule has 0 aliphatic carbocycles. The summed E-state index contributed by atoms with van der Waals surface area (Å²) in [5.74, 6) is 2.10. The highest BCUT2D eigenvalue weighted by atomic mass is 32.2. The van der Waals surface area contributed by atoms with E-state index in [1.807, 2.05) is 11.8 Å². The molecule has 2 aliphatic heterocycles. The van der Waals surface area contributed by atoms with Crippen LogP contribution in [0.5, 0.6) is 0 Å². The van der Waals surface area contributed by atoms with Gasteiger partial charge in [0.2, 0.25) is 5.91 Å². The van der Waals surface area contributed by atoms with Gasteiger partial charge in [0, 0.05) is 36.3 Å². The fraction of sp³-hybridized carbons (Fsp3) is 0.800. The Labute approximate surface area is 109 Å². The molecule has 17 heavy (non-hydrogen) atoms. The van der Waals surface area contributed by atoms with E-state index in [1.165, 1.54) is 16.7 Å². The molecule has 1 amide bonds. The molecule has 2 rings (SSSR count). The van der Waals surface area contributed by atoms with Gasteiger partial charge in [0.1, 0.15) is 6.04 Å². The van der Waals surface area contributed by atoms with Crippen molar-refractivity contribution in [2.75, 3.05) is 29.7 Å². The minimum Gasteiger partial charge on any atom is -0.480 e. The summed E-state index contributed by atoms with van der Waals surface area (Å²) in [6.07, 6.45) is 0.414. The van der Waals surface area contributed by atoms with E-state index in [9.17, 15) is 9.59 Å². The lowest BCUT2D eigenvalue weighted by molar-refractivity contribution is -0.147. The molecule has 7 heteroatoms. The first kappa shape index (κ1) is 13.0. The summed E-state index contributed by atoms with van der Waals surface area (Å²) in [5, 5.41) is 12.3. The second kappa shape index (κ2) is 5.97. The predicted molar refractivity (Wildman–Crippen MR) is 69.3 cm³/mol. The first-order chi connectivity index (χ1) is 8.18. The van der Waals surface area contributed by atoms with Crippen molar-refractivity contribution in [2.45, 2.75) is 18.5 Å². The number of nitrogens with one attached hydrogen (secondary N) is 1. The Balaban J connectivity index is 1.88. The fourth-order valence-corrected chi connectivity index (χ4v) is 4.09. The number of amides is 1. The van der Waals surface area contributed by atoms with E-state index < -0.39 is 12.0 Å². The van der Waals surface area contributed by atoms with Crippen molar-refractivity contribution in [3.8, 4) is 0 Å². The molecule has 0 bridgehead atoms. The molecule has 2 atom stereocenters. The molecule has 96 valence electrons. The summed E-state index contributed by atoms with van der Waals surface area (Å²) in [6, 6.07) is -0.440. The zero-order chi connectivity index (χ0) is 12.3. The molecule has 0 aromatic rings. The highest BCUT2D eigenvalue weighted by Crippen LogP contribution is 2.23. The van der Waals surface area contributed by atoms with Gasteiger partial charge in [0.05, 0.1) is 5.88 Å². The Morgan fingerprint density at radius 2 is 2.18 bits per heavy atom. The molecule has 2 fully saturated rings. The van der Waals surface area contributed by atoms with E-state index in [-0.39, 0.29) is 11.9 Å². The first-order valence-corrected chi connectivity index (χ1v) is 7.90. The lowest BCUT2D eigenvalue weighted by Crippen LogP contribution is -2.46. The van der Waals surface area contributed by atoms with Crippen LogP contribution in [0, 0.1) is 0 Å². The quantitative estimate of drug-likeness (QED) is 0.760. The van der Waals surface area contributed by atoms with Gasteiger partial charge < -0.3 is 15.3 Å². The molecular weight excluding hydrogens is 260 g/mol. The Bertz CT molecular complexity index is 308. The van der Waals surface area contributed by atoms with Gasteiger partial charge in [-0.15, -0.1) is 11.8 Å². The summed E-state index contributed by atoms with van der Waals surface area (Å²) >= 11 is 3.35. The minimum atomic E-state index is -0.894. The van der Waals surface area contributed by atoms with Gasteiger partial charge in [-0.1, -0.05) is 0 Å². The Kier molecular flexibility index (Phi) is 4.58. The summed E-state index contributed by atoms with van der Waals surface area (Å²) in [5.41, 5.74) is 0. The SMILES string of the molecule is O=C(O)[C@@H]1CSCN1C(=O)CC1CSCCN1. The van der Waals surface area contributed by atoms with Crippen LogP contribution in [0.1, 0.15) is 6.42 Å². The van der Waals surface area contributed by atoms with Gasteiger partial charge in [-0.3, -0.25) is 4.79 Å². The number of carboxylic acids is 1. The number of hydrogen-bond acceptors (Lipinski definition) is 5. The van der Waals surface area contributed by atoms with Gasteiger partial charge >= 0.3 is 5.97 Å². The van der Waals surface area contributed by atoms with Gasteiger partial charge in [0.15, 0.2) is 0 Å². The molecular formula is C10H16N2O3S2. The second-order valence-electron chi connectivity index (χ2n) is 4.15. The monoisotopic (exact) mass is 276 g/mol. The highest BCUT2D eigenvalue weighted by molar-refractivity contribution is 7.99. The van der Waals surface area contributed by atoms with Crippen LogP contribution in [0.15, 0.2) is 0 Å². The van der Waals surface area contributed by atoms with Crippen molar-refractivity contribution in [1.82, 2.24) is 10.2 Å². The smallest absolute Gasteiger partial charge is 0.327 e. The molecule has 0 saturated carbocycles. The maximum atomic E-state index is 12.0. The zero-order valence-electron chi connectivity index (χ0n) is 9.42. The molecule has 0 aromatic heterocycles. The minimum absolute atomic E-state index is 0.0394. The van der Waals surface area contributed by atoms with Crippen LogP contribution < -0.4 is 5.32 Å². The number of thioether (sulfide) groups is 2. The zero-order valence-corrected chi connectivity index (χ0v) is 11.1. The van der Waals surface area contributed by atoms with Crippen LogP contribution in [0.4, 0.5) is 0 Å².